The highest BCUT2D eigenvalue weighted by atomic mass is 35.5. The quantitative estimate of drug-likeness (QED) is 0.268. The Kier molecular flexibility index (Phi) is 8.08. The first-order valence-corrected chi connectivity index (χ1v) is 11.9. The monoisotopic (exact) mass is 501 g/mol. The van der Waals surface area contributed by atoms with E-state index in [1.54, 1.807) is 13.2 Å². The van der Waals surface area contributed by atoms with E-state index in [1.807, 2.05) is 91.3 Å². The van der Waals surface area contributed by atoms with Crippen molar-refractivity contribution in [2.24, 2.45) is 0 Å². The Morgan fingerprint density at radius 2 is 1.78 bits per heavy atom. The lowest BCUT2D eigenvalue weighted by Gasteiger charge is -2.11. The van der Waals surface area contributed by atoms with E-state index in [4.69, 9.17) is 21.1 Å². The van der Waals surface area contributed by atoms with Gasteiger partial charge in [-0.25, -0.2) is 0 Å². The van der Waals surface area contributed by atoms with Crippen LogP contribution in [-0.2, 0) is 17.9 Å². The third kappa shape index (κ3) is 6.15. The number of nitrogens with zero attached hydrogens (tertiary/aromatic N) is 2. The maximum Gasteiger partial charge on any atom is 0.248 e. The van der Waals surface area contributed by atoms with Crippen molar-refractivity contribution in [3.8, 4) is 11.5 Å². The van der Waals surface area contributed by atoms with Gasteiger partial charge in [0.05, 0.1) is 30.7 Å². The van der Waals surface area contributed by atoms with Crippen molar-refractivity contribution >= 4 is 29.3 Å². The molecule has 0 spiro atoms. The molecule has 184 valence electrons. The number of para-hydroxylation sites is 1. The number of carbonyl (C=O) groups excluding carboxylic acids is 1. The number of hydrogen-bond donors (Lipinski definition) is 1. The first kappa shape index (κ1) is 25.1. The van der Waals surface area contributed by atoms with Gasteiger partial charge < -0.3 is 14.8 Å². The average molecular weight is 502 g/mol. The smallest absolute Gasteiger partial charge is 0.248 e. The predicted octanol–water partition coefficient (Wildman–Crippen LogP) is 6.44. The first-order chi connectivity index (χ1) is 17.4. The van der Waals surface area contributed by atoms with Gasteiger partial charge in [-0.1, -0.05) is 54.1 Å². The van der Waals surface area contributed by atoms with Crippen molar-refractivity contribution in [2.75, 3.05) is 12.4 Å². The van der Waals surface area contributed by atoms with Gasteiger partial charge in [0.1, 0.15) is 18.1 Å². The summed E-state index contributed by atoms with van der Waals surface area (Å²) in [5.74, 6) is 1.27. The number of aryl methyl sites for hydroxylation is 1. The summed E-state index contributed by atoms with van der Waals surface area (Å²) < 4.78 is 13.2. The largest absolute Gasteiger partial charge is 0.496 e. The van der Waals surface area contributed by atoms with Gasteiger partial charge in [-0.05, 0) is 61.4 Å². The first-order valence-electron chi connectivity index (χ1n) is 11.6. The fraction of sp³-hybridized carbons (Fsp3) is 0.172. The number of anilines is 1. The van der Waals surface area contributed by atoms with Crippen molar-refractivity contribution in [1.29, 1.82) is 0 Å². The normalized spacial score (nSPS) is 11.0. The SMILES string of the molecule is COc1ccc(/C=C/C(=O)Nc2c(C)nn(Cc3ccccc3Cl)c2C)cc1COc1ccccc1. The number of ether oxygens (including phenoxy) is 2. The fourth-order valence-electron chi connectivity index (χ4n) is 3.85. The van der Waals surface area contributed by atoms with Crippen molar-refractivity contribution in [3.63, 3.8) is 0 Å². The van der Waals surface area contributed by atoms with Crippen LogP contribution >= 0.6 is 11.6 Å². The van der Waals surface area contributed by atoms with Crippen molar-refractivity contribution in [3.05, 3.63) is 112 Å². The molecule has 0 aliphatic carbocycles. The van der Waals surface area contributed by atoms with Crippen molar-refractivity contribution < 1.29 is 14.3 Å². The topological polar surface area (TPSA) is 65.4 Å². The van der Waals surface area contributed by atoms with E-state index < -0.39 is 0 Å². The van der Waals surface area contributed by atoms with Crippen molar-refractivity contribution in [1.82, 2.24) is 9.78 Å². The van der Waals surface area contributed by atoms with Gasteiger partial charge in [0.2, 0.25) is 5.91 Å². The summed E-state index contributed by atoms with van der Waals surface area (Å²) in [5.41, 5.74) is 5.01. The minimum atomic E-state index is -0.239. The van der Waals surface area contributed by atoms with E-state index >= 15 is 0 Å². The summed E-state index contributed by atoms with van der Waals surface area (Å²) in [6, 6.07) is 23.0. The van der Waals surface area contributed by atoms with Crippen LogP contribution in [0.25, 0.3) is 6.08 Å². The van der Waals surface area contributed by atoms with Gasteiger partial charge in [0.15, 0.2) is 0 Å². The maximum absolute atomic E-state index is 12.7. The summed E-state index contributed by atoms with van der Waals surface area (Å²) in [4.78, 5) is 12.7. The molecular formula is C29H28ClN3O3. The lowest BCUT2D eigenvalue weighted by Crippen LogP contribution is -2.10. The van der Waals surface area contributed by atoms with Crippen LogP contribution in [0.4, 0.5) is 5.69 Å². The summed E-state index contributed by atoms with van der Waals surface area (Å²) in [5, 5.41) is 8.23. The molecule has 0 saturated heterocycles. The summed E-state index contributed by atoms with van der Waals surface area (Å²) >= 11 is 6.30. The molecule has 0 bridgehead atoms. The molecule has 36 heavy (non-hydrogen) atoms. The molecule has 4 rings (SSSR count). The molecular weight excluding hydrogens is 474 g/mol. The highest BCUT2D eigenvalue weighted by Crippen LogP contribution is 2.24. The number of methoxy groups -OCH3 is 1. The molecule has 1 aromatic heterocycles. The molecule has 0 unspecified atom stereocenters. The number of carbonyl (C=O) groups is 1. The van der Waals surface area contributed by atoms with E-state index in [0.717, 1.165) is 39.6 Å². The zero-order chi connectivity index (χ0) is 25.5. The number of amides is 1. The van der Waals surface area contributed by atoms with Crippen LogP contribution in [0.1, 0.15) is 28.1 Å². The van der Waals surface area contributed by atoms with Crippen LogP contribution in [0.5, 0.6) is 11.5 Å². The number of rotatable bonds is 9. The lowest BCUT2D eigenvalue weighted by atomic mass is 10.1. The minimum Gasteiger partial charge on any atom is -0.496 e. The average Bonchev–Trinajstić information content (AvgIpc) is 3.15. The second kappa shape index (κ2) is 11.6. The standard InChI is InChI=1S/C29H28ClN3O3/c1-20-29(21(2)33(32-20)18-23-9-7-8-12-26(23)30)31-28(34)16-14-22-13-15-27(35-3)24(17-22)19-36-25-10-5-4-6-11-25/h4-17H,18-19H2,1-3H3,(H,31,34)/b16-14+. The molecule has 7 heteroatoms. The van der Waals surface area contributed by atoms with Gasteiger partial charge in [-0.2, -0.15) is 5.10 Å². The van der Waals surface area contributed by atoms with Crippen molar-refractivity contribution in [2.45, 2.75) is 27.0 Å². The van der Waals surface area contributed by atoms with E-state index in [-0.39, 0.29) is 5.91 Å². The van der Waals surface area contributed by atoms with E-state index in [1.165, 1.54) is 6.08 Å². The Morgan fingerprint density at radius 1 is 1.03 bits per heavy atom. The van der Waals surface area contributed by atoms with E-state index in [2.05, 4.69) is 10.4 Å². The molecule has 1 heterocycles. The molecule has 6 nitrogen and oxygen atoms in total. The number of benzene rings is 3. The molecule has 1 amide bonds. The Morgan fingerprint density at radius 3 is 2.53 bits per heavy atom. The van der Waals surface area contributed by atoms with Crippen LogP contribution in [0.15, 0.2) is 78.9 Å². The fourth-order valence-corrected chi connectivity index (χ4v) is 4.04. The predicted molar refractivity (Wildman–Crippen MR) is 144 cm³/mol. The van der Waals surface area contributed by atoms with Crippen LogP contribution in [0.3, 0.4) is 0 Å². The van der Waals surface area contributed by atoms with Gasteiger partial charge in [0.25, 0.3) is 0 Å². The summed E-state index contributed by atoms with van der Waals surface area (Å²) in [7, 11) is 1.63. The molecule has 4 aromatic rings. The minimum absolute atomic E-state index is 0.239. The zero-order valence-corrected chi connectivity index (χ0v) is 21.3. The lowest BCUT2D eigenvalue weighted by molar-refractivity contribution is -0.111. The van der Waals surface area contributed by atoms with Crippen LogP contribution < -0.4 is 14.8 Å². The molecule has 1 N–H and O–H groups in total. The second-order valence-corrected chi connectivity index (χ2v) is 8.70. The number of nitrogens with one attached hydrogen (secondary N) is 1. The van der Waals surface area contributed by atoms with Crippen LogP contribution in [-0.4, -0.2) is 22.8 Å². The molecule has 0 aliphatic rings. The summed E-state index contributed by atoms with van der Waals surface area (Å²) in [6.45, 7) is 4.68. The van der Waals surface area contributed by atoms with Gasteiger partial charge in [-0.3, -0.25) is 9.48 Å². The molecule has 0 aliphatic heterocycles. The Bertz CT molecular complexity index is 1380. The Balaban J connectivity index is 1.44. The zero-order valence-electron chi connectivity index (χ0n) is 20.5. The highest BCUT2D eigenvalue weighted by molar-refractivity contribution is 6.31. The highest BCUT2D eigenvalue weighted by Gasteiger charge is 2.14. The Labute approximate surface area is 216 Å². The second-order valence-electron chi connectivity index (χ2n) is 8.29. The molecule has 0 fully saturated rings. The van der Waals surface area contributed by atoms with Gasteiger partial charge in [0, 0.05) is 16.7 Å². The number of hydrogen-bond acceptors (Lipinski definition) is 4. The molecule has 0 radical (unpaired) electrons. The molecule has 0 saturated carbocycles. The third-order valence-electron chi connectivity index (χ3n) is 5.78. The maximum atomic E-state index is 12.7. The van der Waals surface area contributed by atoms with Crippen LogP contribution in [0, 0.1) is 13.8 Å². The molecule has 3 aromatic carbocycles. The summed E-state index contributed by atoms with van der Waals surface area (Å²) in [6.07, 6.45) is 3.27. The van der Waals surface area contributed by atoms with E-state index in [0.29, 0.717) is 23.9 Å². The number of aromatic nitrogens is 2. The molecule has 0 atom stereocenters. The van der Waals surface area contributed by atoms with Crippen LogP contribution in [0.2, 0.25) is 5.02 Å². The van der Waals surface area contributed by atoms with Gasteiger partial charge in [-0.15, -0.1) is 0 Å². The van der Waals surface area contributed by atoms with E-state index in [9.17, 15) is 4.79 Å². The Hall–Kier alpha value is -4.03. The van der Waals surface area contributed by atoms with Gasteiger partial charge >= 0.3 is 0 Å². The third-order valence-corrected chi connectivity index (χ3v) is 6.15. The number of halogens is 1.